The van der Waals surface area contributed by atoms with Gasteiger partial charge in [0.15, 0.2) is 0 Å². The summed E-state index contributed by atoms with van der Waals surface area (Å²) in [4.78, 5) is 0. The van der Waals surface area contributed by atoms with Crippen molar-refractivity contribution in [1.29, 1.82) is 0 Å². The van der Waals surface area contributed by atoms with Crippen LogP contribution in [-0.2, 0) is 0 Å². The number of phenolic OH excluding ortho intramolecular Hbond substituents is 1. The van der Waals surface area contributed by atoms with Crippen molar-refractivity contribution in [2.24, 2.45) is 0 Å². The lowest BCUT2D eigenvalue weighted by Gasteiger charge is -2.15. The molecular weight excluding hydrogens is 210 g/mol. The van der Waals surface area contributed by atoms with Gasteiger partial charge in [-0.2, -0.15) is 0 Å². The van der Waals surface area contributed by atoms with Crippen LogP contribution in [0.2, 0.25) is 0 Å². The number of hydrogen-bond acceptors (Lipinski definition) is 2. The van der Waals surface area contributed by atoms with Crippen LogP contribution in [0.4, 0.5) is 5.69 Å². The molecule has 0 aliphatic rings. The summed E-state index contributed by atoms with van der Waals surface area (Å²) in [7, 11) is 0. The Bertz CT molecular complexity index is 294. The van der Waals surface area contributed by atoms with Crippen molar-refractivity contribution in [3.8, 4) is 5.75 Å². The molecule has 1 rings (SSSR count). The summed E-state index contributed by atoms with van der Waals surface area (Å²) < 4.78 is 0. The number of unbranched alkanes of at least 4 members (excludes halogenated alkanes) is 4. The van der Waals surface area contributed by atoms with Gasteiger partial charge in [-0.25, -0.2) is 0 Å². The predicted octanol–water partition coefficient (Wildman–Crippen LogP) is 4.55. The van der Waals surface area contributed by atoms with Crippen LogP contribution in [0.3, 0.4) is 0 Å². The smallest absolute Gasteiger partial charge is 0.115 e. The number of rotatable bonds is 8. The largest absolute Gasteiger partial charge is 0.508 e. The molecule has 96 valence electrons. The molecule has 0 aromatic heterocycles. The minimum Gasteiger partial charge on any atom is -0.508 e. The van der Waals surface area contributed by atoms with Crippen molar-refractivity contribution in [2.75, 3.05) is 5.32 Å². The maximum Gasteiger partial charge on any atom is 0.115 e. The van der Waals surface area contributed by atoms with Crippen LogP contribution in [0.5, 0.6) is 5.75 Å². The van der Waals surface area contributed by atoms with Crippen molar-refractivity contribution < 1.29 is 5.11 Å². The molecule has 0 heterocycles. The highest BCUT2D eigenvalue weighted by Crippen LogP contribution is 2.16. The van der Waals surface area contributed by atoms with Gasteiger partial charge in [-0.1, -0.05) is 39.0 Å². The minimum atomic E-state index is 0.322. The molecule has 0 radical (unpaired) electrons. The van der Waals surface area contributed by atoms with Crippen LogP contribution in [-0.4, -0.2) is 11.1 Å². The first kappa shape index (κ1) is 13.9. The summed E-state index contributed by atoms with van der Waals surface area (Å²) in [6, 6.07) is 7.78. The van der Waals surface area contributed by atoms with Gasteiger partial charge < -0.3 is 10.4 Å². The van der Waals surface area contributed by atoms with E-state index in [9.17, 15) is 5.11 Å². The van der Waals surface area contributed by atoms with Crippen LogP contribution in [0.25, 0.3) is 0 Å². The summed E-state index contributed by atoms with van der Waals surface area (Å²) in [5.74, 6) is 0.322. The number of anilines is 1. The van der Waals surface area contributed by atoms with Gasteiger partial charge in [0.05, 0.1) is 0 Å². The van der Waals surface area contributed by atoms with Gasteiger partial charge >= 0.3 is 0 Å². The highest BCUT2D eigenvalue weighted by atomic mass is 16.3. The van der Waals surface area contributed by atoms with Crippen LogP contribution >= 0.6 is 0 Å². The van der Waals surface area contributed by atoms with Gasteiger partial charge in [-0.15, -0.1) is 0 Å². The fraction of sp³-hybridized carbons (Fsp3) is 0.600. The first-order valence-electron chi connectivity index (χ1n) is 6.78. The van der Waals surface area contributed by atoms with Crippen LogP contribution in [0, 0.1) is 0 Å². The number of hydrogen-bond donors (Lipinski definition) is 2. The minimum absolute atomic E-state index is 0.322. The fourth-order valence-electron chi connectivity index (χ4n) is 1.97. The Morgan fingerprint density at radius 1 is 1.06 bits per heavy atom. The van der Waals surface area contributed by atoms with Crippen molar-refractivity contribution in [2.45, 2.75) is 58.4 Å². The molecule has 17 heavy (non-hydrogen) atoms. The van der Waals surface area contributed by atoms with Crippen LogP contribution in [0.15, 0.2) is 24.3 Å². The van der Waals surface area contributed by atoms with E-state index in [4.69, 9.17) is 0 Å². The van der Waals surface area contributed by atoms with E-state index in [-0.39, 0.29) is 0 Å². The molecule has 0 saturated heterocycles. The van der Waals surface area contributed by atoms with E-state index in [0.29, 0.717) is 11.8 Å². The molecule has 0 aliphatic heterocycles. The van der Waals surface area contributed by atoms with E-state index in [0.717, 1.165) is 5.69 Å². The average molecular weight is 235 g/mol. The molecule has 2 N–H and O–H groups in total. The molecule has 0 bridgehead atoms. The van der Waals surface area contributed by atoms with Crippen LogP contribution in [0.1, 0.15) is 52.4 Å². The standard InChI is InChI=1S/C15H25NO/c1-3-4-5-6-7-8-13(2)16-14-9-11-15(17)12-10-14/h9-13,16-17H,3-8H2,1-2H3. The van der Waals surface area contributed by atoms with Gasteiger partial charge in [0.25, 0.3) is 0 Å². The second-order valence-corrected chi connectivity index (χ2v) is 4.80. The normalized spacial score (nSPS) is 12.4. The van der Waals surface area contributed by atoms with E-state index in [1.807, 2.05) is 12.1 Å². The van der Waals surface area contributed by atoms with E-state index in [2.05, 4.69) is 19.2 Å². The predicted molar refractivity (Wildman–Crippen MR) is 74.6 cm³/mol. The Morgan fingerprint density at radius 2 is 1.71 bits per heavy atom. The lowest BCUT2D eigenvalue weighted by atomic mass is 10.1. The Labute approximate surface area is 105 Å². The zero-order valence-corrected chi connectivity index (χ0v) is 11.1. The SMILES string of the molecule is CCCCCCCC(C)Nc1ccc(O)cc1. The van der Waals surface area contributed by atoms with Crippen molar-refractivity contribution in [1.82, 2.24) is 0 Å². The molecule has 0 amide bonds. The molecule has 1 atom stereocenters. The molecule has 2 nitrogen and oxygen atoms in total. The average Bonchev–Trinajstić information content (AvgIpc) is 2.32. The maximum absolute atomic E-state index is 9.19. The first-order valence-corrected chi connectivity index (χ1v) is 6.78. The molecule has 1 unspecified atom stereocenters. The topological polar surface area (TPSA) is 32.3 Å². The molecule has 0 aliphatic carbocycles. The van der Waals surface area contributed by atoms with E-state index in [1.54, 1.807) is 12.1 Å². The summed E-state index contributed by atoms with van der Waals surface area (Å²) in [5, 5.41) is 12.6. The van der Waals surface area contributed by atoms with E-state index >= 15 is 0 Å². The van der Waals surface area contributed by atoms with Crippen molar-refractivity contribution in [3.05, 3.63) is 24.3 Å². The summed E-state index contributed by atoms with van der Waals surface area (Å²) in [5.41, 5.74) is 1.09. The van der Waals surface area contributed by atoms with Gasteiger partial charge in [0, 0.05) is 11.7 Å². The Hall–Kier alpha value is -1.18. The Morgan fingerprint density at radius 3 is 2.35 bits per heavy atom. The molecule has 1 aromatic rings. The van der Waals surface area contributed by atoms with E-state index < -0.39 is 0 Å². The zero-order chi connectivity index (χ0) is 12.5. The third-order valence-corrected chi connectivity index (χ3v) is 3.02. The first-order chi connectivity index (χ1) is 8.22. The number of benzene rings is 1. The van der Waals surface area contributed by atoms with Gasteiger partial charge in [0.1, 0.15) is 5.75 Å². The van der Waals surface area contributed by atoms with Gasteiger partial charge in [-0.05, 0) is 37.6 Å². The summed E-state index contributed by atoms with van der Waals surface area (Å²) in [6.45, 7) is 4.46. The maximum atomic E-state index is 9.19. The molecule has 2 heteroatoms. The third-order valence-electron chi connectivity index (χ3n) is 3.02. The molecule has 0 spiro atoms. The highest BCUT2D eigenvalue weighted by Gasteiger charge is 2.01. The lowest BCUT2D eigenvalue weighted by Crippen LogP contribution is -2.14. The zero-order valence-electron chi connectivity index (χ0n) is 11.1. The van der Waals surface area contributed by atoms with Gasteiger partial charge in [-0.3, -0.25) is 0 Å². The number of aromatic hydroxyl groups is 1. The molecular formula is C15H25NO. The number of phenols is 1. The second-order valence-electron chi connectivity index (χ2n) is 4.80. The lowest BCUT2D eigenvalue weighted by molar-refractivity contribution is 0.475. The summed E-state index contributed by atoms with van der Waals surface area (Å²) in [6.07, 6.45) is 7.88. The molecule has 1 aromatic carbocycles. The van der Waals surface area contributed by atoms with Crippen molar-refractivity contribution in [3.63, 3.8) is 0 Å². The van der Waals surface area contributed by atoms with E-state index in [1.165, 1.54) is 38.5 Å². The molecule has 0 fully saturated rings. The molecule has 0 saturated carbocycles. The number of nitrogens with one attached hydrogen (secondary N) is 1. The second kappa shape index (κ2) is 7.99. The van der Waals surface area contributed by atoms with Gasteiger partial charge in [0.2, 0.25) is 0 Å². The van der Waals surface area contributed by atoms with Crippen molar-refractivity contribution >= 4 is 5.69 Å². The Balaban J connectivity index is 2.16. The quantitative estimate of drug-likeness (QED) is 0.511. The Kier molecular flexibility index (Phi) is 6.53. The third kappa shape index (κ3) is 6.20. The summed E-state index contributed by atoms with van der Waals surface area (Å²) >= 11 is 0. The fourth-order valence-corrected chi connectivity index (χ4v) is 1.97. The van der Waals surface area contributed by atoms with Crippen LogP contribution < -0.4 is 5.32 Å². The highest BCUT2D eigenvalue weighted by molar-refractivity contribution is 5.46. The monoisotopic (exact) mass is 235 g/mol.